The highest BCUT2D eigenvalue weighted by Gasteiger charge is 2.18. The summed E-state index contributed by atoms with van der Waals surface area (Å²) in [7, 11) is 0. The Morgan fingerprint density at radius 3 is 2.58 bits per heavy atom. The van der Waals surface area contributed by atoms with Crippen LogP contribution in [-0.2, 0) is 4.79 Å². The standard InChI is InChI=1S/C16H23NO2/c1-4-11-16(3,19)12-17-15(18)10-9-14-7-5-13(2)6-8-14/h5-10,19H,4,11-12H2,1-3H3,(H,17,18)/b10-9+. The maximum absolute atomic E-state index is 11.6. The summed E-state index contributed by atoms with van der Waals surface area (Å²) in [6.07, 6.45) is 4.83. The minimum Gasteiger partial charge on any atom is -0.388 e. The molecule has 1 atom stereocenters. The number of hydrogen-bond acceptors (Lipinski definition) is 2. The van der Waals surface area contributed by atoms with Crippen LogP contribution in [0.25, 0.3) is 6.08 Å². The summed E-state index contributed by atoms with van der Waals surface area (Å²) < 4.78 is 0. The van der Waals surface area contributed by atoms with Crippen LogP contribution in [0.3, 0.4) is 0 Å². The van der Waals surface area contributed by atoms with Gasteiger partial charge in [-0.15, -0.1) is 0 Å². The van der Waals surface area contributed by atoms with Crippen molar-refractivity contribution >= 4 is 12.0 Å². The summed E-state index contributed by atoms with van der Waals surface area (Å²) >= 11 is 0. The molecule has 1 unspecified atom stereocenters. The molecule has 0 bridgehead atoms. The second-order valence-electron chi connectivity index (χ2n) is 5.21. The largest absolute Gasteiger partial charge is 0.388 e. The third-order valence-electron chi connectivity index (χ3n) is 2.94. The van der Waals surface area contributed by atoms with Crippen LogP contribution in [0.5, 0.6) is 0 Å². The zero-order chi connectivity index (χ0) is 14.3. The Morgan fingerprint density at radius 2 is 2.00 bits per heavy atom. The molecule has 0 spiro atoms. The molecule has 0 aromatic heterocycles. The number of carbonyl (C=O) groups excluding carboxylic acids is 1. The SMILES string of the molecule is CCCC(C)(O)CNC(=O)/C=C/c1ccc(C)cc1. The molecule has 0 fully saturated rings. The van der Waals surface area contributed by atoms with Crippen LogP contribution in [0.4, 0.5) is 0 Å². The molecule has 3 heteroatoms. The molecule has 3 nitrogen and oxygen atoms in total. The maximum atomic E-state index is 11.6. The van der Waals surface area contributed by atoms with Crippen LogP contribution in [-0.4, -0.2) is 23.2 Å². The van der Waals surface area contributed by atoms with Gasteiger partial charge < -0.3 is 10.4 Å². The number of rotatable bonds is 6. The zero-order valence-electron chi connectivity index (χ0n) is 11.9. The lowest BCUT2D eigenvalue weighted by Crippen LogP contribution is -2.39. The van der Waals surface area contributed by atoms with E-state index in [1.165, 1.54) is 11.6 Å². The highest BCUT2D eigenvalue weighted by Crippen LogP contribution is 2.10. The van der Waals surface area contributed by atoms with E-state index < -0.39 is 5.60 Å². The maximum Gasteiger partial charge on any atom is 0.244 e. The van der Waals surface area contributed by atoms with Crippen molar-refractivity contribution in [2.45, 2.75) is 39.2 Å². The quantitative estimate of drug-likeness (QED) is 0.773. The molecule has 0 aliphatic carbocycles. The fourth-order valence-corrected chi connectivity index (χ4v) is 1.81. The molecule has 1 aromatic carbocycles. The van der Waals surface area contributed by atoms with Gasteiger partial charge in [0.1, 0.15) is 0 Å². The summed E-state index contributed by atoms with van der Waals surface area (Å²) in [4.78, 5) is 11.6. The minimum absolute atomic E-state index is 0.183. The van der Waals surface area contributed by atoms with E-state index in [1.54, 1.807) is 13.0 Å². The first-order valence-electron chi connectivity index (χ1n) is 6.68. The summed E-state index contributed by atoms with van der Waals surface area (Å²) in [6.45, 7) is 6.04. The van der Waals surface area contributed by atoms with Gasteiger partial charge in [0.2, 0.25) is 5.91 Å². The number of amides is 1. The van der Waals surface area contributed by atoms with E-state index in [4.69, 9.17) is 0 Å². The first-order valence-corrected chi connectivity index (χ1v) is 6.68. The Hall–Kier alpha value is -1.61. The van der Waals surface area contributed by atoms with Crippen molar-refractivity contribution in [2.24, 2.45) is 0 Å². The van der Waals surface area contributed by atoms with Gasteiger partial charge in [-0.1, -0.05) is 43.2 Å². The highest BCUT2D eigenvalue weighted by molar-refractivity contribution is 5.91. The van der Waals surface area contributed by atoms with Crippen LogP contribution in [0, 0.1) is 6.92 Å². The lowest BCUT2D eigenvalue weighted by atomic mass is 10.0. The number of hydrogen-bond donors (Lipinski definition) is 2. The molecule has 19 heavy (non-hydrogen) atoms. The van der Waals surface area contributed by atoms with Crippen molar-refractivity contribution < 1.29 is 9.90 Å². The van der Waals surface area contributed by atoms with Crippen molar-refractivity contribution in [1.29, 1.82) is 0 Å². The predicted octanol–water partition coefficient (Wildman–Crippen LogP) is 2.68. The van der Waals surface area contributed by atoms with E-state index >= 15 is 0 Å². The molecule has 1 amide bonds. The molecule has 2 N–H and O–H groups in total. The number of carbonyl (C=O) groups is 1. The molecule has 0 saturated heterocycles. The van der Waals surface area contributed by atoms with Crippen molar-refractivity contribution in [3.05, 3.63) is 41.5 Å². The minimum atomic E-state index is -0.831. The molecule has 0 aliphatic heterocycles. The van der Waals surface area contributed by atoms with Gasteiger partial charge >= 0.3 is 0 Å². The van der Waals surface area contributed by atoms with Crippen LogP contribution < -0.4 is 5.32 Å². The smallest absolute Gasteiger partial charge is 0.244 e. The zero-order valence-corrected chi connectivity index (χ0v) is 11.9. The molecule has 0 saturated carbocycles. The van der Waals surface area contributed by atoms with Crippen molar-refractivity contribution in [3.63, 3.8) is 0 Å². The second-order valence-corrected chi connectivity index (χ2v) is 5.21. The predicted molar refractivity (Wildman–Crippen MR) is 78.8 cm³/mol. The van der Waals surface area contributed by atoms with Crippen molar-refractivity contribution in [1.82, 2.24) is 5.32 Å². The van der Waals surface area contributed by atoms with Gasteiger partial charge in [-0.2, -0.15) is 0 Å². The fraction of sp³-hybridized carbons (Fsp3) is 0.438. The van der Waals surface area contributed by atoms with E-state index in [2.05, 4.69) is 5.32 Å². The molecule has 104 valence electrons. The van der Waals surface area contributed by atoms with Gasteiger partial charge in [0.05, 0.1) is 5.60 Å². The van der Waals surface area contributed by atoms with Gasteiger partial charge in [0.15, 0.2) is 0 Å². The number of benzene rings is 1. The summed E-state index contributed by atoms with van der Waals surface area (Å²) in [5.74, 6) is -0.183. The lowest BCUT2D eigenvalue weighted by Gasteiger charge is -2.22. The average Bonchev–Trinajstić information content (AvgIpc) is 2.36. The summed E-state index contributed by atoms with van der Waals surface area (Å²) in [6, 6.07) is 7.94. The topological polar surface area (TPSA) is 49.3 Å². The van der Waals surface area contributed by atoms with E-state index in [9.17, 15) is 9.90 Å². The lowest BCUT2D eigenvalue weighted by molar-refractivity contribution is -0.117. The van der Waals surface area contributed by atoms with E-state index in [1.807, 2.05) is 38.1 Å². The van der Waals surface area contributed by atoms with Gasteiger partial charge in [-0.25, -0.2) is 0 Å². The summed E-state index contributed by atoms with van der Waals surface area (Å²) in [5.41, 5.74) is 1.35. The number of nitrogens with one attached hydrogen (secondary N) is 1. The Bertz CT molecular complexity index is 433. The van der Waals surface area contributed by atoms with Gasteiger partial charge in [-0.3, -0.25) is 4.79 Å². The van der Waals surface area contributed by atoms with Crippen LogP contribution >= 0.6 is 0 Å². The Balaban J connectivity index is 2.45. The van der Waals surface area contributed by atoms with Crippen molar-refractivity contribution in [3.8, 4) is 0 Å². The molecular formula is C16H23NO2. The van der Waals surface area contributed by atoms with Gasteiger partial charge in [-0.05, 0) is 31.9 Å². The van der Waals surface area contributed by atoms with Crippen LogP contribution in [0.1, 0.15) is 37.8 Å². The normalized spacial score (nSPS) is 14.3. The Labute approximate surface area is 115 Å². The molecule has 1 aromatic rings. The van der Waals surface area contributed by atoms with Gasteiger partial charge in [0.25, 0.3) is 0 Å². The first-order chi connectivity index (χ1) is 8.93. The number of aliphatic hydroxyl groups is 1. The first kappa shape index (κ1) is 15.4. The van der Waals surface area contributed by atoms with E-state index in [0.717, 1.165) is 12.0 Å². The average molecular weight is 261 g/mol. The molecule has 0 heterocycles. The number of aryl methyl sites for hydroxylation is 1. The Kier molecular flexibility index (Phi) is 5.77. The van der Waals surface area contributed by atoms with Crippen LogP contribution in [0.2, 0.25) is 0 Å². The molecule has 0 radical (unpaired) electrons. The monoisotopic (exact) mass is 261 g/mol. The summed E-state index contributed by atoms with van der Waals surface area (Å²) in [5, 5.41) is 12.7. The van der Waals surface area contributed by atoms with Crippen LogP contribution in [0.15, 0.2) is 30.3 Å². The third-order valence-corrected chi connectivity index (χ3v) is 2.94. The molecular weight excluding hydrogens is 238 g/mol. The fourth-order valence-electron chi connectivity index (χ4n) is 1.81. The van der Waals surface area contributed by atoms with Crippen molar-refractivity contribution in [2.75, 3.05) is 6.54 Å². The van der Waals surface area contributed by atoms with Gasteiger partial charge in [0, 0.05) is 12.6 Å². The van der Waals surface area contributed by atoms with E-state index in [-0.39, 0.29) is 12.5 Å². The molecule has 0 aliphatic rings. The highest BCUT2D eigenvalue weighted by atomic mass is 16.3. The molecule has 1 rings (SSSR count). The third kappa shape index (κ3) is 6.20. The second kappa shape index (κ2) is 7.10. The Morgan fingerprint density at radius 1 is 1.37 bits per heavy atom. The van der Waals surface area contributed by atoms with E-state index in [0.29, 0.717) is 6.42 Å².